The van der Waals surface area contributed by atoms with Crippen molar-refractivity contribution in [3.05, 3.63) is 131 Å². The number of nitrogens with one attached hydrogen (secondary N) is 2. The molecule has 8 heteroatoms. The van der Waals surface area contributed by atoms with Gasteiger partial charge in [0, 0.05) is 12.8 Å². The fraction of sp³-hybridized carbons (Fsp3) is 0.360. The molecule has 0 aromatic heterocycles. The van der Waals surface area contributed by atoms with Crippen molar-refractivity contribution in [2.75, 3.05) is 0 Å². The summed E-state index contributed by atoms with van der Waals surface area (Å²) in [6.45, 7) is 17.1. The Morgan fingerprint density at radius 2 is 0.948 bits per heavy atom. The van der Waals surface area contributed by atoms with Gasteiger partial charge in [-0.25, -0.2) is 0 Å². The zero-order chi connectivity index (χ0) is 42.5. The number of fused-ring (bicyclic) bond motifs is 2. The Morgan fingerprint density at radius 3 is 1.29 bits per heavy atom. The third kappa shape index (κ3) is 15.6. The van der Waals surface area contributed by atoms with Crippen LogP contribution in [0.2, 0.25) is 0 Å². The van der Waals surface area contributed by atoms with Crippen LogP contribution in [0.1, 0.15) is 103 Å². The normalized spacial score (nSPS) is 10.5. The quantitative estimate of drug-likeness (QED) is 0.0845. The van der Waals surface area contributed by atoms with E-state index in [1.54, 1.807) is 13.8 Å². The fourth-order valence-electron chi connectivity index (χ4n) is 7.18. The first-order chi connectivity index (χ1) is 28.0. The van der Waals surface area contributed by atoms with Gasteiger partial charge in [0.25, 0.3) is 0 Å². The van der Waals surface area contributed by atoms with E-state index in [1.165, 1.54) is 86.4 Å². The number of hydrogen-bond acceptors (Lipinski definition) is 2. The molecule has 0 aliphatic heterocycles. The molecule has 6 aromatic rings. The van der Waals surface area contributed by atoms with Gasteiger partial charge >= 0.3 is 45.4 Å². The van der Waals surface area contributed by atoms with E-state index in [0.29, 0.717) is 24.7 Å². The molecule has 305 valence electrons. The Bertz CT molecular complexity index is 1990. The molecule has 0 spiro atoms. The van der Waals surface area contributed by atoms with Crippen molar-refractivity contribution in [2.45, 2.75) is 107 Å². The van der Waals surface area contributed by atoms with Crippen LogP contribution in [0.5, 0.6) is 0 Å². The van der Waals surface area contributed by atoms with Gasteiger partial charge in [-0.05, 0) is 59.8 Å². The fourth-order valence-corrected chi connectivity index (χ4v) is 7.18. The standard InChI is InChI=1S/2C22H25.C6H12BN2O2.2ClH.Zr/c2*1-4-8-18-9-5-6-11-20(18)21-12-7-10-19-14-17(13-16(2)3)15-22(19)21;1-3-5(10)8-7-9-6(11)4-2;;;/h2*5-7,9-12,14-16H,4,8,13H2,1-3H3;3-4H2,1-2H3,(H,8,10)(H,9,11);2*1H;/q2*-1;;;;+4/p-2. The summed E-state index contributed by atoms with van der Waals surface area (Å²) in [6.07, 6.45) is 7.81. The number of carbonyl (C=O) groups is 2. The van der Waals surface area contributed by atoms with Gasteiger partial charge in [-0.2, -0.15) is 12.1 Å². The molecular weight excluding hydrogens is 834 g/mol. The van der Waals surface area contributed by atoms with E-state index in [1.807, 2.05) is 0 Å². The Morgan fingerprint density at radius 1 is 0.586 bits per heavy atom. The summed E-state index contributed by atoms with van der Waals surface area (Å²) in [5.74, 6) is 1.18. The van der Waals surface area contributed by atoms with Gasteiger partial charge in [-0.3, -0.25) is 9.59 Å². The molecule has 0 atom stereocenters. The van der Waals surface area contributed by atoms with Crippen molar-refractivity contribution in [1.29, 1.82) is 0 Å². The van der Waals surface area contributed by atoms with Crippen molar-refractivity contribution in [1.82, 2.24) is 10.5 Å². The summed E-state index contributed by atoms with van der Waals surface area (Å²) >= 11 is -0.826. The van der Waals surface area contributed by atoms with Gasteiger partial charge in [0.2, 0.25) is 11.8 Å². The molecular formula is C50H62BCl2N2O2Zr. The summed E-state index contributed by atoms with van der Waals surface area (Å²) in [6, 6.07) is 40.7. The maximum atomic E-state index is 10.6. The molecule has 6 aromatic carbocycles. The van der Waals surface area contributed by atoms with Crippen molar-refractivity contribution in [2.24, 2.45) is 11.8 Å². The third-order valence-electron chi connectivity index (χ3n) is 9.67. The molecule has 0 saturated heterocycles. The van der Waals surface area contributed by atoms with Crippen LogP contribution < -0.4 is 10.5 Å². The number of aryl methyl sites for hydroxylation is 2. The van der Waals surface area contributed by atoms with Gasteiger partial charge in [0.1, 0.15) is 0 Å². The van der Waals surface area contributed by atoms with Crippen molar-refractivity contribution >= 4 is 57.9 Å². The van der Waals surface area contributed by atoms with E-state index < -0.39 is 20.8 Å². The van der Waals surface area contributed by atoms with Crippen LogP contribution in [-0.2, 0) is 56.1 Å². The minimum absolute atomic E-state index is 0.110. The van der Waals surface area contributed by atoms with Gasteiger partial charge in [0.05, 0.1) is 0 Å². The number of rotatable bonds is 14. The van der Waals surface area contributed by atoms with Crippen LogP contribution in [0.4, 0.5) is 0 Å². The molecule has 0 fully saturated rings. The van der Waals surface area contributed by atoms with E-state index >= 15 is 0 Å². The Balaban J connectivity index is 0.000000237. The zero-order valence-corrected chi connectivity index (χ0v) is 39.8. The number of halogens is 2. The van der Waals surface area contributed by atoms with Crippen molar-refractivity contribution in [3.63, 3.8) is 0 Å². The number of carbonyl (C=O) groups excluding carboxylic acids is 2. The summed E-state index contributed by atoms with van der Waals surface area (Å²) < 4.78 is 0. The van der Waals surface area contributed by atoms with Gasteiger partial charge in [-0.15, -0.1) is 69.1 Å². The van der Waals surface area contributed by atoms with Crippen LogP contribution in [-0.4, -0.2) is 19.4 Å². The maximum absolute atomic E-state index is 10.6. The zero-order valence-electron chi connectivity index (χ0n) is 35.9. The van der Waals surface area contributed by atoms with Crippen molar-refractivity contribution in [3.8, 4) is 22.3 Å². The molecule has 4 nitrogen and oxygen atoms in total. The second kappa shape index (κ2) is 26.6. The Labute approximate surface area is 368 Å². The summed E-state index contributed by atoms with van der Waals surface area (Å²) in [5.41, 5.74) is 11.4. The molecule has 1 radical (unpaired) electrons. The van der Waals surface area contributed by atoms with E-state index in [0.717, 1.165) is 25.7 Å². The Kier molecular flexibility index (Phi) is 22.5. The van der Waals surface area contributed by atoms with E-state index in [-0.39, 0.29) is 11.8 Å². The van der Waals surface area contributed by atoms with Crippen LogP contribution in [0.3, 0.4) is 0 Å². The molecule has 6 rings (SSSR count). The SMILES string of the molecule is CCC(=O)N[B]NC(=O)CC.CCCc1ccccc1-c1cccc2[cH-]c(CC(C)C)cc12.CCCc1ccccc1-c1cccc2[cH-]c(CC(C)C)cc12.[Cl][Zr+2][Cl]. The molecule has 58 heavy (non-hydrogen) atoms. The van der Waals surface area contributed by atoms with E-state index in [2.05, 4.69) is 161 Å². The van der Waals surface area contributed by atoms with Crippen molar-refractivity contribution < 1.29 is 30.4 Å². The molecule has 0 aliphatic rings. The van der Waals surface area contributed by atoms with Crippen LogP contribution >= 0.6 is 17.0 Å². The van der Waals surface area contributed by atoms with E-state index in [9.17, 15) is 9.59 Å². The average Bonchev–Trinajstić information content (AvgIpc) is 3.82. The summed E-state index contributed by atoms with van der Waals surface area (Å²) in [4.78, 5) is 21.2. The third-order valence-corrected chi connectivity index (χ3v) is 9.67. The van der Waals surface area contributed by atoms with Crippen LogP contribution in [0.15, 0.2) is 109 Å². The average molecular weight is 896 g/mol. The minimum atomic E-state index is -0.826. The molecule has 0 unspecified atom stereocenters. The second-order valence-corrected chi connectivity index (χ2v) is 19.1. The topological polar surface area (TPSA) is 58.2 Å². The number of hydrogen-bond donors (Lipinski definition) is 2. The molecule has 0 bridgehead atoms. The van der Waals surface area contributed by atoms with Gasteiger partial charge < -0.3 is 10.5 Å². The first-order valence-electron chi connectivity index (χ1n) is 20.9. The molecule has 0 heterocycles. The first kappa shape index (κ1) is 48.9. The van der Waals surface area contributed by atoms with Gasteiger partial charge in [-0.1, -0.05) is 140 Å². The summed E-state index contributed by atoms with van der Waals surface area (Å²) in [7, 11) is 11.1. The first-order valence-corrected chi connectivity index (χ1v) is 27.2. The molecule has 0 aliphatic carbocycles. The monoisotopic (exact) mass is 893 g/mol. The van der Waals surface area contributed by atoms with Gasteiger partial charge in [0.15, 0.2) is 0 Å². The number of benzene rings is 4. The number of amides is 2. The van der Waals surface area contributed by atoms with E-state index in [4.69, 9.17) is 17.0 Å². The van der Waals surface area contributed by atoms with Crippen LogP contribution in [0, 0.1) is 11.8 Å². The summed E-state index contributed by atoms with van der Waals surface area (Å²) in [5, 5.41) is 10.4. The molecule has 0 saturated carbocycles. The molecule has 2 N–H and O–H groups in total. The van der Waals surface area contributed by atoms with Crippen LogP contribution in [0.25, 0.3) is 43.8 Å². The molecule has 2 amide bonds. The predicted molar refractivity (Wildman–Crippen MR) is 249 cm³/mol. The Hall–Kier alpha value is -3.43. The second-order valence-electron chi connectivity index (χ2n) is 15.4. The predicted octanol–water partition coefficient (Wildman–Crippen LogP) is 13.7.